The van der Waals surface area contributed by atoms with Crippen molar-refractivity contribution in [1.29, 1.82) is 0 Å². The molecule has 6 nitrogen and oxygen atoms in total. The molecule has 2 rings (SSSR count). The minimum Gasteiger partial charge on any atom is -0.497 e. The van der Waals surface area contributed by atoms with E-state index in [-0.39, 0.29) is 6.03 Å². The summed E-state index contributed by atoms with van der Waals surface area (Å²) in [5, 5.41) is 3.01. The number of nitrogens with zero attached hydrogens (tertiary/aromatic N) is 3. The molecule has 1 aromatic carbocycles. The second-order valence-corrected chi connectivity index (χ2v) is 6.79. The fraction of sp³-hybridized carbons (Fsp3) is 0.632. The number of likely N-dealkylation sites (N-methyl/N-ethyl adjacent to an activating group) is 1. The van der Waals surface area contributed by atoms with E-state index in [0.29, 0.717) is 6.54 Å². The van der Waals surface area contributed by atoms with Crippen LogP contribution in [0.3, 0.4) is 0 Å². The van der Waals surface area contributed by atoms with Crippen molar-refractivity contribution in [2.45, 2.75) is 19.4 Å². The van der Waals surface area contributed by atoms with Crippen LogP contribution >= 0.6 is 0 Å². The Hall–Kier alpha value is -1.79. The van der Waals surface area contributed by atoms with Crippen LogP contribution in [0.25, 0.3) is 0 Å². The molecule has 140 valence electrons. The highest BCUT2D eigenvalue weighted by atomic mass is 16.5. The first-order valence-corrected chi connectivity index (χ1v) is 9.11. The predicted octanol–water partition coefficient (Wildman–Crippen LogP) is 1.86. The molecule has 0 unspecified atom stereocenters. The Bertz CT molecular complexity index is 530. The van der Waals surface area contributed by atoms with Gasteiger partial charge >= 0.3 is 6.03 Å². The summed E-state index contributed by atoms with van der Waals surface area (Å²) in [6.45, 7) is 7.07. The smallest absolute Gasteiger partial charge is 0.317 e. The van der Waals surface area contributed by atoms with Crippen LogP contribution in [-0.4, -0.2) is 81.2 Å². The van der Waals surface area contributed by atoms with Gasteiger partial charge in [-0.15, -0.1) is 0 Å². The average Bonchev–Trinajstić information content (AvgIpc) is 2.63. The van der Waals surface area contributed by atoms with Crippen molar-refractivity contribution in [1.82, 2.24) is 20.0 Å². The number of urea groups is 1. The summed E-state index contributed by atoms with van der Waals surface area (Å²) in [5.74, 6) is 0.815. The number of carbonyl (C=O) groups is 1. The number of hydrogen-bond acceptors (Lipinski definition) is 4. The molecule has 1 aromatic rings. The van der Waals surface area contributed by atoms with Gasteiger partial charge in [0, 0.05) is 46.3 Å². The maximum Gasteiger partial charge on any atom is 0.317 e. The second kappa shape index (κ2) is 10.3. The molecule has 0 aromatic heterocycles. The van der Waals surface area contributed by atoms with Gasteiger partial charge in [-0.2, -0.15) is 0 Å². The lowest BCUT2D eigenvalue weighted by Crippen LogP contribution is -2.44. The molecule has 0 atom stereocenters. The number of hydrogen-bond donors (Lipinski definition) is 1. The van der Waals surface area contributed by atoms with Crippen molar-refractivity contribution in [2.24, 2.45) is 0 Å². The van der Waals surface area contributed by atoms with E-state index in [0.717, 1.165) is 63.4 Å². The van der Waals surface area contributed by atoms with Crippen molar-refractivity contribution in [3.05, 3.63) is 29.8 Å². The highest BCUT2D eigenvalue weighted by molar-refractivity contribution is 5.73. The van der Waals surface area contributed by atoms with Crippen LogP contribution in [0.5, 0.6) is 5.75 Å². The molecular weight excluding hydrogens is 316 g/mol. The summed E-state index contributed by atoms with van der Waals surface area (Å²) >= 11 is 0. The van der Waals surface area contributed by atoms with E-state index in [1.807, 2.05) is 31.3 Å². The number of benzene rings is 1. The van der Waals surface area contributed by atoms with Crippen LogP contribution in [-0.2, 0) is 6.54 Å². The Morgan fingerprint density at radius 1 is 1.24 bits per heavy atom. The van der Waals surface area contributed by atoms with Crippen molar-refractivity contribution < 1.29 is 9.53 Å². The van der Waals surface area contributed by atoms with Crippen LogP contribution in [0.4, 0.5) is 4.79 Å². The predicted molar refractivity (Wildman–Crippen MR) is 101 cm³/mol. The number of ether oxygens (including phenoxy) is 1. The standard InChI is InChI=1S/C19H32N4O2/c1-21-11-13-23(14-12-21)10-5-4-9-20-19(24)22(2)16-17-7-6-8-18(15-17)25-3/h6-8,15H,4-5,9-14,16H2,1-3H3,(H,20,24). The Labute approximate surface area is 151 Å². The minimum absolute atomic E-state index is 0.0255. The first-order valence-electron chi connectivity index (χ1n) is 9.11. The van der Waals surface area contributed by atoms with Gasteiger partial charge in [-0.05, 0) is 44.1 Å². The largest absolute Gasteiger partial charge is 0.497 e. The van der Waals surface area contributed by atoms with Crippen molar-refractivity contribution in [3.63, 3.8) is 0 Å². The zero-order chi connectivity index (χ0) is 18.1. The van der Waals surface area contributed by atoms with Gasteiger partial charge in [-0.25, -0.2) is 4.79 Å². The number of unbranched alkanes of at least 4 members (excludes halogenated alkanes) is 1. The van der Waals surface area contributed by atoms with E-state index in [1.54, 1.807) is 12.0 Å². The van der Waals surface area contributed by atoms with E-state index in [1.165, 1.54) is 0 Å². The fourth-order valence-corrected chi connectivity index (χ4v) is 2.98. The molecule has 1 saturated heterocycles. The molecule has 1 N–H and O–H groups in total. The molecule has 1 aliphatic rings. The van der Waals surface area contributed by atoms with Gasteiger partial charge in [-0.1, -0.05) is 12.1 Å². The lowest BCUT2D eigenvalue weighted by Gasteiger charge is -2.32. The van der Waals surface area contributed by atoms with Crippen molar-refractivity contribution in [2.75, 3.05) is 60.5 Å². The topological polar surface area (TPSA) is 48.1 Å². The second-order valence-electron chi connectivity index (χ2n) is 6.79. The number of carbonyl (C=O) groups excluding carboxylic acids is 1. The Morgan fingerprint density at radius 3 is 2.72 bits per heavy atom. The van der Waals surface area contributed by atoms with Gasteiger partial charge in [-0.3, -0.25) is 0 Å². The van der Waals surface area contributed by atoms with Gasteiger partial charge in [0.2, 0.25) is 0 Å². The highest BCUT2D eigenvalue weighted by Gasteiger charge is 2.13. The number of amides is 2. The SMILES string of the molecule is COc1cccc(CN(C)C(=O)NCCCCN2CCN(C)CC2)c1. The molecule has 1 heterocycles. The Morgan fingerprint density at radius 2 is 2.00 bits per heavy atom. The third-order valence-corrected chi connectivity index (χ3v) is 4.67. The molecule has 0 spiro atoms. The summed E-state index contributed by atoms with van der Waals surface area (Å²) in [7, 11) is 5.64. The first kappa shape index (κ1) is 19.5. The van der Waals surface area contributed by atoms with E-state index >= 15 is 0 Å². The van der Waals surface area contributed by atoms with E-state index in [9.17, 15) is 4.79 Å². The molecular formula is C19H32N4O2. The third-order valence-electron chi connectivity index (χ3n) is 4.67. The van der Waals surface area contributed by atoms with E-state index in [2.05, 4.69) is 22.2 Å². The summed E-state index contributed by atoms with van der Waals surface area (Å²) < 4.78 is 5.22. The van der Waals surface area contributed by atoms with Gasteiger partial charge in [0.25, 0.3) is 0 Å². The number of methoxy groups -OCH3 is 1. The normalized spacial score (nSPS) is 15.8. The first-order chi connectivity index (χ1) is 12.1. The quantitative estimate of drug-likeness (QED) is 0.729. The zero-order valence-corrected chi connectivity index (χ0v) is 15.8. The molecule has 25 heavy (non-hydrogen) atoms. The van der Waals surface area contributed by atoms with Gasteiger partial charge in [0.15, 0.2) is 0 Å². The molecule has 1 fully saturated rings. The highest BCUT2D eigenvalue weighted by Crippen LogP contribution is 2.13. The molecule has 0 bridgehead atoms. The van der Waals surface area contributed by atoms with Gasteiger partial charge < -0.3 is 24.8 Å². The molecule has 0 aliphatic carbocycles. The van der Waals surface area contributed by atoms with Crippen molar-refractivity contribution >= 4 is 6.03 Å². The van der Waals surface area contributed by atoms with Crippen LogP contribution in [0, 0.1) is 0 Å². The molecule has 2 amide bonds. The van der Waals surface area contributed by atoms with Crippen LogP contribution in [0.15, 0.2) is 24.3 Å². The molecule has 0 radical (unpaired) electrons. The van der Waals surface area contributed by atoms with E-state index < -0.39 is 0 Å². The molecule has 0 saturated carbocycles. The Balaban J connectivity index is 1.59. The van der Waals surface area contributed by atoms with Crippen molar-refractivity contribution in [3.8, 4) is 5.75 Å². The zero-order valence-electron chi connectivity index (χ0n) is 15.8. The maximum absolute atomic E-state index is 12.2. The Kier molecular flexibility index (Phi) is 8.01. The maximum atomic E-state index is 12.2. The number of rotatable bonds is 8. The fourth-order valence-electron chi connectivity index (χ4n) is 2.98. The van der Waals surface area contributed by atoms with Gasteiger partial charge in [0.05, 0.1) is 7.11 Å². The lowest BCUT2D eigenvalue weighted by atomic mass is 10.2. The number of nitrogens with one attached hydrogen (secondary N) is 1. The summed E-state index contributed by atoms with van der Waals surface area (Å²) in [5.41, 5.74) is 1.06. The monoisotopic (exact) mass is 348 g/mol. The van der Waals surface area contributed by atoms with Crippen LogP contribution in [0.1, 0.15) is 18.4 Å². The molecule has 1 aliphatic heterocycles. The van der Waals surface area contributed by atoms with E-state index in [4.69, 9.17) is 4.74 Å². The summed E-state index contributed by atoms with van der Waals surface area (Å²) in [6, 6.07) is 7.78. The average molecular weight is 348 g/mol. The lowest BCUT2D eigenvalue weighted by molar-refractivity contribution is 0.152. The summed E-state index contributed by atoms with van der Waals surface area (Å²) in [6.07, 6.45) is 2.15. The van der Waals surface area contributed by atoms with Crippen LogP contribution < -0.4 is 10.1 Å². The minimum atomic E-state index is -0.0255. The third kappa shape index (κ3) is 6.92. The summed E-state index contributed by atoms with van der Waals surface area (Å²) in [4.78, 5) is 18.8. The molecule has 6 heteroatoms. The van der Waals surface area contributed by atoms with Crippen LogP contribution in [0.2, 0.25) is 0 Å². The van der Waals surface area contributed by atoms with Gasteiger partial charge in [0.1, 0.15) is 5.75 Å². The number of piperazine rings is 1.